The maximum absolute atomic E-state index is 12.9. The number of hydrogen-bond donors (Lipinski definition) is 2. The molecule has 0 aromatic heterocycles. The molecule has 3 aromatic carbocycles. The van der Waals surface area contributed by atoms with Gasteiger partial charge in [0.05, 0.1) is 19.2 Å². The van der Waals surface area contributed by atoms with E-state index >= 15 is 0 Å². The molecule has 4 nitrogen and oxygen atoms in total. The maximum Gasteiger partial charge on any atom is 0.228 e. The Bertz CT molecular complexity index is 877. The summed E-state index contributed by atoms with van der Waals surface area (Å²) >= 11 is 0. The van der Waals surface area contributed by atoms with Gasteiger partial charge in [-0.1, -0.05) is 24.3 Å². The van der Waals surface area contributed by atoms with Gasteiger partial charge >= 0.3 is 0 Å². The van der Waals surface area contributed by atoms with Crippen LogP contribution in [0.2, 0.25) is 0 Å². The molecule has 0 saturated heterocycles. The number of amides is 1. The van der Waals surface area contributed by atoms with Gasteiger partial charge in [0, 0.05) is 11.4 Å². The summed E-state index contributed by atoms with van der Waals surface area (Å²) in [4.78, 5) is 12.1. The summed E-state index contributed by atoms with van der Waals surface area (Å²) in [5.74, 6) is 0.290. The van der Waals surface area contributed by atoms with E-state index < -0.39 is 0 Å². The van der Waals surface area contributed by atoms with Crippen LogP contribution in [0.4, 0.5) is 21.5 Å². The largest absolute Gasteiger partial charge is 0.495 e. The summed E-state index contributed by atoms with van der Waals surface area (Å²) in [6.45, 7) is 0. The quantitative estimate of drug-likeness (QED) is 0.674. The fourth-order valence-corrected chi connectivity index (χ4v) is 2.53. The number of para-hydroxylation sites is 2. The van der Waals surface area contributed by atoms with E-state index in [1.807, 2.05) is 48.5 Å². The molecule has 0 heterocycles. The highest BCUT2D eigenvalue weighted by atomic mass is 19.1. The fraction of sp³-hybridized carbons (Fsp3) is 0.0952. The molecule has 0 atom stereocenters. The molecule has 0 fully saturated rings. The first-order valence-corrected chi connectivity index (χ1v) is 8.18. The topological polar surface area (TPSA) is 50.4 Å². The lowest BCUT2D eigenvalue weighted by Gasteiger charge is -2.11. The molecule has 0 spiro atoms. The first kappa shape index (κ1) is 17.5. The average molecular weight is 350 g/mol. The van der Waals surface area contributed by atoms with Crippen LogP contribution in [0.25, 0.3) is 0 Å². The molecule has 5 heteroatoms. The van der Waals surface area contributed by atoms with Gasteiger partial charge < -0.3 is 15.4 Å². The molecule has 0 radical (unpaired) electrons. The summed E-state index contributed by atoms with van der Waals surface area (Å²) in [5, 5.41) is 6.11. The van der Waals surface area contributed by atoms with Gasteiger partial charge in [-0.05, 0) is 54.1 Å². The highest BCUT2D eigenvalue weighted by Crippen LogP contribution is 2.27. The zero-order chi connectivity index (χ0) is 18.4. The summed E-state index contributed by atoms with van der Waals surface area (Å²) in [7, 11) is 1.63. The predicted octanol–water partition coefficient (Wildman–Crippen LogP) is 4.76. The number of anilines is 3. The standard InChI is InChI=1S/C21H19FN2O2/c1-26-20-5-3-2-4-19(20)23-17-10-12-18(13-11-17)24-21(25)14-15-6-8-16(22)9-7-15/h2-13,23H,14H2,1H3,(H,24,25). The molecule has 132 valence electrons. The number of methoxy groups -OCH3 is 1. The van der Waals surface area contributed by atoms with Crippen molar-refractivity contribution in [1.29, 1.82) is 0 Å². The lowest BCUT2D eigenvalue weighted by Crippen LogP contribution is -2.14. The molecule has 0 saturated carbocycles. The van der Waals surface area contributed by atoms with Crippen molar-refractivity contribution < 1.29 is 13.9 Å². The van der Waals surface area contributed by atoms with Crippen molar-refractivity contribution in [2.45, 2.75) is 6.42 Å². The van der Waals surface area contributed by atoms with Gasteiger partial charge in [0.25, 0.3) is 0 Å². The van der Waals surface area contributed by atoms with Crippen LogP contribution in [0.5, 0.6) is 5.75 Å². The van der Waals surface area contributed by atoms with E-state index in [-0.39, 0.29) is 18.1 Å². The lowest BCUT2D eigenvalue weighted by atomic mass is 10.1. The Hall–Kier alpha value is -3.34. The second-order valence-corrected chi connectivity index (χ2v) is 5.75. The second-order valence-electron chi connectivity index (χ2n) is 5.75. The van der Waals surface area contributed by atoms with Gasteiger partial charge in [-0.25, -0.2) is 4.39 Å². The summed E-state index contributed by atoms with van der Waals surface area (Å²) in [6, 6.07) is 20.9. The minimum atomic E-state index is -0.313. The number of hydrogen-bond acceptors (Lipinski definition) is 3. The number of ether oxygens (including phenoxy) is 1. The smallest absolute Gasteiger partial charge is 0.228 e. The molecular weight excluding hydrogens is 331 g/mol. The van der Waals surface area contributed by atoms with Crippen LogP contribution in [0, 0.1) is 5.82 Å². The molecule has 0 aliphatic heterocycles. The number of nitrogens with one attached hydrogen (secondary N) is 2. The van der Waals surface area contributed by atoms with E-state index in [0.29, 0.717) is 5.69 Å². The molecular formula is C21H19FN2O2. The van der Waals surface area contributed by atoms with Crippen molar-refractivity contribution in [3.8, 4) is 5.75 Å². The normalized spacial score (nSPS) is 10.2. The number of benzene rings is 3. The maximum atomic E-state index is 12.9. The fourth-order valence-electron chi connectivity index (χ4n) is 2.53. The Morgan fingerprint density at radius 1 is 0.923 bits per heavy atom. The molecule has 0 aliphatic rings. The molecule has 1 amide bonds. The van der Waals surface area contributed by atoms with Crippen LogP contribution in [-0.4, -0.2) is 13.0 Å². The van der Waals surface area contributed by atoms with E-state index in [1.165, 1.54) is 12.1 Å². The molecule has 2 N–H and O–H groups in total. The van der Waals surface area contributed by atoms with Crippen molar-refractivity contribution >= 4 is 23.0 Å². The highest BCUT2D eigenvalue weighted by Gasteiger charge is 2.06. The number of rotatable bonds is 6. The molecule has 0 aliphatic carbocycles. The van der Waals surface area contributed by atoms with Crippen molar-refractivity contribution in [1.82, 2.24) is 0 Å². The van der Waals surface area contributed by atoms with Gasteiger partial charge in [-0.2, -0.15) is 0 Å². The van der Waals surface area contributed by atoms with Crippen molar-refractivity contribution in [3.63, 3.8) is 0 Å². The minimum absolute atomic E-state index is 0.151. The monoisotopic (exact) mass is 350 g/mol. The number of carbonyl (C=O) groups is 1. The third-order valence-electron chi connectivity index (χ3n) is 3.83. The van der Waals surface area contributed by atoms with E-state index in [9.17, 15) is 9.18 Å². The van der Waals surface area contributed by atoms with Crippen LogP contribution in [-0.2, 0) is 11.2 Å². The Labute approximate surface area is 151 Å². The Morgan fingerprint density at radius 3 is 2.27 bits per heavy atom. The molecule has 0 bridgehead atoms. The van der Waals surface area contributed by atoms with Gasteiger partial charge in [-0.15, -0.1) is 0 Å². The van der Waals surface area contributed by atoms with E-state index in [0.717, 1.165) is 22.7 Å². The van der Waals surface area contributed by atoms with Crippen LogP contribution < -0.4 is 15.4 Å². The van der Waals surface area contributed by atoms with E-state index in [1.54, 1.807) is 19.2 Å². The first-order chi connectivity index (χ1) is 12.6. The Kier molecular flexibility index (Phi) is 5.49. The van der Waals surface area contributed by atoms with E-state index in [4.69, 9.17) is 4.74 Å². The van der Waals surface area contributed by atoms with Crippen molar-refractivity contribution in [3.05, 3.63) is 84.2 Å². The SMILES string of the molecule is COc1ccccc1Nc1ccc(NC(=O)Cc2ccc(F)cc2)cc1. The summed E-state index contributed by atoms with van der Waals surface area (Å²) in [5.41, 5.74) is 3.20. The third-order valence-corrected chi connectivity index (χ3v) is 3.83. The zero-order valence-electron chi connectivity index (χ0n) is 14.3. The molecule has 0 unspecified atom stereocenters. The van der Waals surface area contributed by atoms with Gasteiger partial charge in [0.2, 0.25) is 5.91 Å². The second kappa shape index (κ2) is 8.16. The highest BCUT2D eigenvalue weighted by molar-refractivity contribution is 5.92. The molecule has 3 aromatic rings. The van der Waals surface area contributed by atoms with Gasteiger partial charge in [-0.3, -0.25) is 4.79 Å². The van der Waals surface area contributed by atoms with Gasteiger partial charge in [0.1, 0.15) is 11.6 Å². The third kappa shape index (κ3) is 4.60. The van der Waals surface area contributed by atoms with Crippen LogP contribution in [0.15, 0.2) is 72.8 Å². The van der Waals surface area contributed by atoms with Crippen LogP contribution >= 0.6 is 0 Å². The predicted molar refractivity (Wildman–Crippen MR) is 101 cm³/mol. The summed E-state index contributed by atoms with van der Waals surface area (Å²) < 4.78 is 18.2. The minimum Gasteiger partial charge on any atom is -0.495 e. The average Bonchev–Trinajstić information content (AvgIpc) is 2.65. The van der Waals surface area contributed by atoms with Crippen LogP contribution in [0.1, 0.15) is 5.56 Å². The van der Waals surface area contributed by atoms with Crippen LogP contribution in [0.3, 0.4) is 0 Å². The lowest BCUT2D eigenvalue weighted by molar-refractivity contribution is -0.115. The first-order valence-electron chi connectivity index (χ1n) is 8.18. The Morgan fingerprint density at radius 2 is 1.58 bits per heavy atom. The van der Waals surface area contributed by atoms with Crippen molar-refractivity contribution in [2.75, 3.05) is 17.7 Å². The molecule has 3 rings (SSSR count). The molecule has 26 heavy (non-hydrogen) atoms. The number of halogens is 1. The zero-order valence-corrected chi connectivity index (χ0v) is 14.3. The van der Waals surface area contributed by atoms with Gasteiger partial charge in [0.15, 0.2) is 0 Å². The Balaban J connectivity index is 1.60. The number of carbonyl (C=O) groups excluding carboxylic acids is 1. The van der Waals surface area contributed by atoms with E-state index in [2.05, 4.69) is 10.6 Å². The van der Waals surface area contributed by atoms with Crippen molar-refractivity contribution in [2.24, 2.45) is 0 Å². The summed E-state index contributed by atoms with van der Waals surface area (Å²) in [6.07, 6.45) is 0.196.